The highest BCUT2D eigenvalue weighted by atomic mass is 32.1. The number of fused-ring (bicyclic) bond motifs is 2. The Bertz CT molecular complexity index is 978. The minimum absolute atomic E-state index is 0.172. The quantitative estimate of drug-likeness (QED) is 0.506. The van der Waals surface area contributed by atoms with E-state index in [0.717, 1.165) is 41.4 Å². The monoisotopic (exact) mass is 365 g/mol. The number of benzene rings is 1. The highest BCUT2D eigenvalue weighted by Gasteiger charge is 2.26. The SMILES string of the molecule is C[C@H]1CCc2nc3ccccc3c(C(=O)OCC(=O)c3cccs3)c2C1. The van der Waals surface area contributed by atoms with Gasteiger partial charge >= 0.3 is 5.97 Å². The van der Waals surface area contributed by atoms with E-state index in [1.54, 1.807) is 6.07 Å². The zero-order chi connectivity index (χ0) is 18.1. The van der Waals surface area contributed by atoms with Crippen LogP contribution in [-0.4, -0.2) is 23.3 Å². The van der Waals surface area contributed by atoms with Gasteiger partial charge in [0.15, 0.2) is 6.61 Å². The van der Waals surface area contributed by atoms with Gasteiger partial charge in [-0.15, -0.1) is 11.3 Å². The van der Waals surface area contributed by atoms with Crippen LogP contribution in [0.2, 0.25) is 0 Å². The molecule has 0 saturated carbocycles. The summed E-state index contributed by atoms with van der Waals surface area (Å²) in [6.07, 6.45) is 2.76. The van der Waals surface area contributed by atoms with Crippen LogP contribution in [0.25, 0.3) is 10.9 Å². The van der Waals surface area contributed by atoms with E-state index in [9.17, 15) is 9.59 Å². The van der Waals surface area contributed by atoms with Gasteiger partial charge < -0.3 is 4.74 Å². The summed E-state index contributed by atoms with van der Waals surface area (Å²) in [4.78, 5) is 30.4. The van der Waals surface area contributed by atoms with Crippen molar-refractivity contribution in [3.63, 3.8) is 0 Å². The third-order valence-corrected chi connectivity index (χ3v) is 5.75. The zero-order valence-corrected chi connectivity index (χ0v) is 15.3. The van der Waals surface area contributed by atoms with Crippen molar-refractivity contribution in [1.82, 2.24) is 4.98 Å². The molecule has 1 atom stereocenters. The average molecular weight is 365 g/mol. The summed E-state index contributed by atoms with van der Waals surface area (Å²) in [7, 11) is 0. The standard InChI is InChI=1S/C21H19NO3S/c1-13-8-9-17-15(11-13)20(14-5-2-3-6-16(14)22-17)21(24)25-12-18(23)19-7-4-10-26-19/h2-7,10,13H,8-9,11-12H2,1H3/t13-/m0/s1. The second kappa shape index (κ2) is 7.00. The highest BCUT2D eigenvalue weighted by molar-refractivity contribution is 7.12. The third-order valence-electron chi connectivity index (χ3n) is 4.84. The molecule has 1 aliphatic rings. The summed E-state index contributed by atoms with van der Waals surface area (Å²) in [5.74, 6) is -0.0995. The molecule has 5 heteroatoms. The predicted octanol–water partition coefficient (Wildman–Crippen LogP) is 4.46. The summed E-state index contributed by atoms with van der Waals surface area (Å²) >= 11 is 1.35. The molecule has 0 bridgehead atoms. The van der Waals surface area contributed by atoms with Gasteiger partial charge in [0, 0.05) is 11.1 Å². The van der Waals surface area contributed by atoms with Crippen LogP contribution in [0.5, 0.6) is 0 Å². The number of hydrogen-bond donors (Lipinski definition) is 0. The van der Waals surface area contributed by atoms with Gasteiger partial charge in [0.25, 0.3) is 0 Å². The Hall–Kier alpha value is -2.53. The molecular weight excluding hydrogens is 346 g/mol. The second-order valence-electron chi connectivity index (χ2n) is 6.75. The number of ketones is 1. The third kappa shape index (κ3) is 3.15. The molecule has 0 amide bonds. The van der Waals surface area contributed by atoms with Crippen LogP contribution < -0.4 is 0 Å². The normalized spacial score (nSPS) is 16.3. The van der Waals surface area contributed by atoms with Crippen LogP contribution in [-0.2, 0) is 17.6 Å². The number of pyridine rings is 1. The Morgan fingerprint density at radius 1 is 1.23 bits per heavy atom. The van der Waals surface area contributed by atoms with Crippen LogP contribution >= 0.6 is 11.3 Å². The van der Waals surface area contributed by atoms with Gasteiger partial charge in [0.1, 0.15) is 0 Å². The first-order valence-electron chi connectivity index (χ1n) is 8.78. The van der Waals surface area contributed by atoms with Crippen molar-refractivity contribution in [3.05, 3.63) is 63.5 Å². The van der Waals surface area contributed by atoms with Gasteiger partial charge in [-0.25, -0.2) is 4.79 Å². The fraction of sp³-hybridized carbons (Fsp3) is 0.286. The van der Waals surface area contributed by atoms with Crippen molar-refractivity contribution in [2.24, 2.45) is 5.92 Å². The average Bonchev–Trinajstić information content (AvgIpc) is 3.19. The smallest absolute Gasteiger partial charge is 0.339 e. The Balaban J connectivity index is 1.69. The maximum absolute atomic E-state index is 12.9. The molecule has 3 aromatic rings. The number of aromatic nitrogens is 1. The van der Waals surface area contributed by atoms with E-state index >= 15 is 0 Å². The van der Waals surface area contributed by atoms with Crippen LogP contribution in [0.4, 0.5) is 0 Å². The lowest BCUT2D eigenvalue weighted by molar-refractivity contribution is 0.0476. The number of thiophene rings is 1. The first-order chi connectivity index (χ1) is 12.6. The van der Waals surface area contributed by atoms with Crippen LogP contribution in [0, 0.1) is 5.92 Å². The Kier molecular flexibility index (Phi) is 4.55. The van der Waals surface area contributed by atoms with Crippen LogP contribution in [0.3, 0.4) is 0 Å². The molecular formula is C21H19NO3S. The molecule has 1 aliphatic carbocycles. The van der Waals surface area contributed by atoms with E-state index in [1.807, 2.05) is 35.7 Å². The number of para-hydroxylation sites is 1. The van der Waals surface area contributed by atoms with E-state index < -0.39 is 5.97 Å². The van der Waals surface area contributed by atoms with Crippen molar-refractivity contribution in [2.45, 2.75) is 26.2 Å². The van der Waals surface area contributed by atoms with Crippen LogP contribution in [0.1, 0.15) is 44.6 Å². The molecule has 2 aromatic heterocycles. The summed E-state index contributed by atoms with van der Waals surface area (Å²) in [5.41, 5.74) is 3.35. The fourth-order valence-electron chi connectivity index (χ4n) is 3.51. The molecule has 1 aromatic carbocycles. The molecule has 26 heavy (non-hydrogen) atoms. The molecule has 4 nitrogen and oxygen atoms in total. The van der Waals surface area contributed by atoms with Gasteiger partial charge in [-0.1, -0.05) is 31.2 Å². The number of Topliss-reactive ketones (excluding diaryl/α,β-unsaturated/α-hetero) is 1. The number of carbonyl (C=O) groups excluding carboxylic acids is 2. The highest BCUT2D eigenvalue weighted by Crippen LogP contribution is 2.32. The van der Waals surface area contributed by atoms with E-state index in [1.165, 1.54) is 11.3 Å². The van der Waals surface area contributed by atoms with Gasteiger partial charge in [-0.2, -0.15) is 0 Å². The number of rotatable bonds is 4. The van der Waals surface area contributed by atoms with Gasteiger partial charge in [0.05, 0.1) is 16.0 Å². The lowest BCUT2D eigenvalue weighted by Crippen LogP contribution is -2.21. The Morgan fingerprint density at radius 2 is 2.08 bits per heavy atom. The number of hydrogen-bond acceptors (Lipinski definition) is 5. The molecule has 132 valence electrons. The van der Waals surface area contributed by atoms with Crippen molar-refractivity contribution < 1.29 is 14.3 Å². The fourth-order valence-corrected chi connectivity index (χ4v) is 4.16. The van der Waals surface area contributed by atoms with Crippen molar-refractivity contribution >= 4 is 34.0 Å². The second-order valence-corrected chi connectivity index (χ2v) is 7.70. The van der Waals surface area contributed by atoms with E-state index in [-0.39, 0.29) is 12.4 Å². The van der Waals surface area contributed by atoms with E-state index in [4.69, 9.17) is 9.72 Å². The molecule has 0 radical (unpaired) electrons. The molecule has 4 rings (SSSR count). The van der Waals surface area contributed by atoms with Gasteiger partial charge in [-0.3, -0.25) is 9.78 Å². The minimum Gasteiger partial charge on any atom is -0.454 e. The van der Waals surface area contributed by atoms with Crippen LogP contribution in [0.15, 0.2) is 41.8 Å². The number of ether oxygens (including phenoxy) is 1. The predicted molar refractivity (Wildman–Crippen MR) is 102 cm³/mol. The first-order valence-corrected chi connectivity index (χ1v) is 9.65. The molecule has 0 N–H and O–H groups in total. The van der Waals surface area contributed by atoms with Gasteiger partial charge in [0.2, 0.25) is 5.78 Å². The Morgan fingerprint density at radius 3 is 2.88 bits per heavy atom. The molecule has 0 unspecified atom stereocenters. The van der Waals surface area contributed by atoms with Crippen molar-refractivity contribution in [3.8, 4) is 0 Å². The maximum Gasteiger partial charge on any atom is 0.339 e. The number of aryl methyl sites for hydroxylation is 1. The molecule has 0 saturated heterocycles. The van der Waals surface area contributed by atoms with Gasteiger partial charge in [-0.05, 0) is 48.3 Å². The van der Waals surface area contributed by atoms with Crippen molar-refractivity contribution in [1.29, 1.82) is 0 Å². The minimum atomic E-state index is -0.432. The number of carbonyl (C=O) groups is 2. The number of esters is 1. The molecule has 0 fully saturated rings. The largest absolute Gasteiger partial charge is 0.454 e. The molecule has 0 spiro atoms. The summed E-state index contributed by atoms with van der Waals surface area (Å²) in [5, 5.41) is 2.64. The van der Waals surface area contributed by atoms with E-state index in [2.05, 4.69) is 6.92 Å². The maximum atomic E-state index is 12.9. The lowest BCUT2D eigenvalue weighted by Gasteiger charge is -2.24. The summed E-state index contributed by atoms with van der Waals surface area (Å²) in [6.45, 7) is 1.95. The topological polar surface area (TPSA) is 56.3 Å². The summed E-state index contributed by atoms with van der Waals surface area (Å²) in [6, 6.07) is 11.2. The summed E-state index contributed by atoms with van der Waals surface area (Å²) < 4.78 is 5.41. The molecule has 0 aliphatic heterocycles. The van der Waals surface area contributed by atoms with Crippen molar-refractivity contribution in [2.75, 3.05) is 6.61 Å². The first kappa shape index (κ1) is 16.9. The molecule has 2 heterocycles. The zero-order valence-electron chi connectivity index (χ0n) is 14.5. The Labute approximate surface area is 155 Å². The number of nitrogens with zero attached hydrogens (tertiary/aromatic N) is 1. The lowest BCUT2D eigenvalue weighted by atomic mass is 9.84. The van der Waals surface area contributed by atoms with E-state index in [0.29, 0.717) is 16.4 Å².